The van der Waals surface area contributed by atoms with Crippen LogP contribution in [0.4, 0.5) is 10.5 Å². The molecule has 2 rings (SSSR count). The lowest BCUT2D eigenvalue weighted by molar-refractivity contribution is 0.187. The van der Waals surface area contributed by atoms with Crippen molar-refractivity contribution >= 4 is 41.7 Å². The Hall–Kier alpha value is -1.55. The highest BCUT2D eigenvalue weighted by molar-refractivity contribution is 14.0. The first-order valence-corrected chi connectivity index (χ1v) is 9.65. The first-order chi connectivity index (χ1) is 12.9. The Morgan fingerprint density at radius 3 is 2.50 bits per heavy atom. The third-order valence-corrected chi connectivity index (χ3v) is 4.84. The Labute approximate surface area is 185 Å². The standard InChI is InChI=1S/C20H33N5O2.HI/c1-6-21-19(24-18-13-25(14(2)3)12-15(18)4)22-11-16-7-9-17(10-8-16)23-20(26)27-5;/h7-10,14-15,18H,6,11-13H2,1-5H3,(H,23,26)(H2,21,22,24);1H. The molecule has 1 aliphatic rings. The van der Waals surface area contributed by atoms with Gasteiger partial charge in [0, 0.05) is 37.4 Å². The number of rotatable bonds is 6. The van der Waals surface area contributed by atoms with Gasteiger partial charge in [0.25, 0.3) is 0 Å². The summed E-state index contributed by atoms with van der Waals surface area (Å²) in [6.07, 6.45) is -0.472. The Morgan fingerprint density at radius 1 is 1.29 bits per heavy atom. The van der Waals surface area contributed by atoms with Crippen LogP contribution in [0.2, 0.25) is 0 Å². The number of benzene rings is 1. The highest BCUT2D eigenvalue weighted by Gasteiger charge is 2.31. The third-order valence-electron chi connectivity index (χ3n) is 4.84. The third kappa shape index (κ3) is 7.46. The molecule has 0 saturated carbocycles. The van der Waals surface area contributed by atoms with Crippen molar-refractivity contribution in [3.8, 4) is 0 Å². The maximum absolute atomic E-state index is 11.2. The van der Waals surface area contributed by atoms with E-state index in [9.17, 15) is 4.79 Å². The number of carbonyl (C=O) groups is 1. The van der Waals surface area contributed by atoms with Gasteiger partial charge in [-0.05, 0) is 44.4 Å². The number of amides is 1. The number of hydrogen-bond donors (Lipinski definition) is 3. The first kappa shape index (κ1) is 24.5. The van der Waals surface area contributed by atoms with E-state index in [2.05, 4.69) is 53.3 Å². The van der Waals surface area contributed by atoms with Crippen molar-refractivity contribution < 1.29 is 9.53 Å². The molecule has 28 heavy (non-hydrogen) atoms. The van der Waals surface area contributed by atoms with Gasteiger partial charge in [-0.2, -0.15) is 0 Å². The van der Waals surface area contributed by atoms with Gasteiger partial charge in [-0.3, -0.25) is 10.2 Å². The van der Waals surface area contributed by atoms with E-state index in [0.29, 0.717) is 30.2 Å². The van der Waals surface area contributed by atoms with E-state index < -0.39 is 6.09 Å². The minimum atomic E-state index is -0.472. The molecule has 2 unspecified atom stereocenters. The van der Waals surface area contributed by atoms with Crippen LogP contribution in [0.3, 0.4) is 0 Å². The Bertz CT molecular complexity index is 636. The Morgan fingerprint density at radius 2 is 1.96 bits per heavy atom. The van der Waals surface area contributed by atoms with Gasteiger partial charge in [-0.25, -0.2) is 9.79 Å². The summed E-state index contributed by atoms with van der Waals surface area (Å²) in [5.41, 5.74) is 1.78. The number of ether oxygens (including phenoxy) is 1. The zero-order valence-electron chi connectivity index (χ0n) is 17.5. The van der Waals surface area contributed by atoms with Crippen LogP contribution in [0.15, 0.2) is 29.3 Å². The van der Waals surface area contributed by atoms with Crippen LogP contribution in [0.1, 0.15) is 33.3 Å². The molecule has 0 spiro atoms. The van der Waals surface area contributed by atoms with Crippen molar-refractivity contribution in [2.24, 2.45) is 10.9 Å². The molecule has 7 nitrogen and oxygen atoms in total. The zero-order chi connectivity index (χ0) is 19.8. The number of anilines is 1. The Balaban J connectivity index is 0.00000392. The van der Waals surface area contributed by atoms with E-state index >= 15 is 0 Å². The molecule has 1 saturated heterocycles. The maximum atomic E-state index is 11.2. The van der Waals surface area contributed by atoms with Gasteiger partial charge in [0.2, 0.25) is 0 Å². The van der Waals surface area contributed by atoms with Gasteiger partial charge < -0.3 is 15.4 Å². The summed E-state index contributed by atoms with van der Waals surface area (Å²) in [7, 11) is 1.35. The van der Waals surface area contributed by atoms with Crippen LogP contribution in [0, 0.1) is 5.92 Å². The van der Waals surface area contributed by atoms with Gasteiger partial charge in [-0.1, -0.05) is 19.1 Å². The van der Waals surface area contributed by atoms with Crippen LogP contribution in [-0.2, 0) is 11.3 Å². The molecule has 1 aromatic carbocycles. The van der Waals surface area contributed by atoms with Crippen molar-refractivity contribution in [3.63, 3.8) is 0 Å². The van der Waals surface area contributed by atoms with Gasteiger partial charge >= 0.3 is 6.09 Å². The summed E-state index contributed by atoms with van der Waals surface area (Å²) in [6.45, 7) is 12.4. The van der Waals surface area contributed by atoms with E-state index in [1.54, 1.807) is 0 Å². The number of methoxy groups -OCH3 is 1. The van der Waals surface area contributed by atoms with Gasteiger partial charge in [0.05, 0.1) is 13.7 Å². The molecule has 8 heteroatoms. The lowest BCUT2D eigenvalue weighted by Crippen LogP contribution is -2.46. The second-order valence-electron chi connectivity index (χ2n) is 7.28. The van der Waals surface area contributed by atoms with Crippen molar-refractivity contribution in [2.45, 2.75) is 46.3 Å². The fourth-order valence-electron chi connectivity index (χ4n) is 3.14. The van der Waals surface area contributed by atoms with Crippen molar-refractivity contribution in [2.75, 3.05) is 32.1 Å². The maximum Gasteiger partial charge on any atom is 0.411 e. The molecular weight excluding hydrogens is 469 g/mol. The molecule has 158 valence electrons. The van der Waals surface area contributed by atoms with Crippen LogP contribution in [0.5, 0.6) is 0 Å². The molecule has 1 aromatic rings. The predicted molar refractivity (Wildman–Crippen MR) is 125 cm³/mol. The van der Waals surface area contributed by atoms with Crippen LogP contribution in [-0.4, -0.2) is 55.8 Å². The molecule has 1 amide bonds. The SMILES string of the molecule is CCNC(=NCc1ccc(NC(=O)OC)cc1)NC1CN(C(C)C)CC1C.I. The number of likely N-dealkylation sites (tertiary alicyclic amines) is 1. The summed E-state index contributed by atoms with van der Waals surface area (Å²) >= 11 is 0. The summed E-state index contributed by atoms with van der Waals surface area (Å²) in [6, 6.07) is 8.57. The van der Waals surface area contributed by atoms with E-state index in [4.69, 9.17) is 4.99 Å². The molecule has 1 heterocycles. The van der Waals surface area contributed by atoms with Crippen molar-refractivity contribution in [1.82, 2.24) is 15.5 Å². The summed E-state index contributed by atoms with van der Waals surface area (Å²) in [4.78, 5) is 18.5. The van der Waals surface area contributed by atoms with E-state index in [1.807, 2.05) is 24.3 Å². The second-order valence-corrected chi connectivity index (χ2v) is 7.28. The highest BCUT2D eigenvalue weighted by atomic mass is 127. The number of halogens is 1. The molecule has 0 radical (unpaired) electrons. The normalized spacial score (nSPS) is 19.9. The second kappa shape index (κ2) is 12.1. The quantitative estimate of drug-likeness (QED) is 0.316. The van der Waals surface area contributed by atoms with Crippen LogP contribution in [0.25, 0.3) is 0 Å². The van der Waals surface area contributed by atoms with Crippen molar-refractivity contribution in [3.05, 3.63) is 29.8 Å². The lowest BCUT2D eigenvalue weighted by Gasteiger charge is -2.22. The first-order valence-electron chi connectivity index (χ1n) is 9.65. The van der Waals surface area contributed by atoms with Crippen LogP contribution >= 0.6 is 24.0 Å². The van der Waals surface area contributed by atoms with E-state index in [-0.39, 0.29) is 24.0 Å². The average molecular weight is 503 g/mol. The fraction of sp³-hybridized carbons (Fsp3) is 0.600. The number of hydrogen-bond acceptors (Lipinski definition) is 4. The van der Waals surface area contributed by atoms with Gasteiger partial charge in [0.1, 0.15) is 0 Å². The Kier molecular flexibility index (Phi) is 10.6. The smallest absolute Gasteiger partial charge is 0.411 e. The van der Waals surface area contributed by atoms with Crippen molar-refractivity contribution in [1.29, 1.82) is 0 Å². The molecule has 0 aliphatic carbocycles. The minimum absolute atomic E-state index is 0. The molecule has 0 aromatic heterocycles. The predicted octanol–water partition coefficient (Wildman–Crippen LogP) is 3.27. The van der Waals surface area contributed by atoms with E-state index in [1.165, 1.54) is 7.11 Å². The molecule has 0 bridgehead atoms. The largest absolute Gasteiger partial charge is 0.453 e. The molecule has 2 atom stereocenters. The number of aliphatic imine (C=N–C) groups is 1. The number of nitrogens with one attached hydrogen (secondary N) is 3. The number of nitrogens with zero attached hydrogens (tertiary/aromatic N) is 2. The molecule has 1 fully saturated rings. The minimum Gasteiger partial charge on any atom is -0.453 e. The monoisotopic (exact) mass is 503 g/mol. The average Bonchev–Trinajstić information content (AvgIpc) is 3.02. The summed E-state index contributed by atoms with van der Waals surface area (Å²) < 4.78 is 4.59. The van der Waals surface area contributed by atoms with Gasteiger partial charge in [-0.15, -0.1) is 24.0 Å². The summed E-state index contributed by atoms with van der Waals surface area (Å²) in [5, 5.41) is 9.57. The topological polar surface area (TPSA) is 78.0 Å². The number of guanidine groups is 1. The molecular formula is C20H34IN5O2. The van der Waals surface area contributed by atoms with Gasteiger partial charge in [0.15, 0.2) is 5.96 Å². The fourth-order valence-corrected chi connectivity index (χ4v) is 3.14. The lowest BCUT2D eigenvalue weighted by atomic mass is 10.1. The summed E-state index contributed by atoms with van der Waals surface area (Å²) in [5.74, 6) is 1.43. The van der Waals surface area contributed by atoms with E-state index in [0.717, 1.165) is 31.2 Å². The highest BCUT2D eigenvalue weighted by Crippen LogP contribution is 2.18. The zero-order valence-corrected chi connectivity index (χ0v) is 19.8. The van der Waals surface area contributed by atoms with Crippen LogP contribution < -0.4 is 16.0 Å². The molecule has 3 N–H and O–H groups in total. The number of carbonyl (C=O) groups excluding carboxylic acids is 1. The molecule has 1 aliphatic heterocycles.